The number of urea groups is 1. The zero-order chi connectivity index (χ0) is 14.1. The average molecular weight is 280 g/mol. The Morgan fingerprint density at radius 2 is 2.05 bits per heavy atom. The summed E-state index contributed by atoms with van der Waals surface area (Å²) in [7, 11) is 0. The molecule has 1 aromatic carbocycles. The molecule has 0 radical (unpaired) electrons. The van der Waals surface area contributed by atoms with Gasteiger partial charge in [0.25, 0.3) is 0 Å². The predicted octanol–water partition coefficient (Wildman–Crippen LogP) is 3.15. The Morgan fingerprint density at radius 1 is 1.26 bits per heavy atom. The Morgan fingerprint density at radius 3 is 2.74 bits per heavy atom. The number of rotatable bonds is 7. The van der Waals surface area contributed by atoms with E-state index in [9.17, 15) is 9.59 Å². The standard InChI is InChI=1S/C14H20N2O2S/c1-11(17)12-6-5-7-13(10-12)16-14(18)15-8-3-4-9-19-2/h5-7,10H,3-4,8-9H2,1-2H3,(H2,15,16,18). The summed E-state index contributed by atoms with van der Waals surface area (Å²) in [4.78, 5) is 22.8. The van der Waals surface area contributed by atoms with Crippen molar-refractivity contribution in [3.63, 3.8) is 0 Å². The smallest absolute Gasteiger partial charge is 0.319 e. The Kier molecular flexibility index (Phi) is 7.03. The van der Waals surface area contributed by atoms with Crippen LogP contribution in [0.2, 0.25) is 0 Å². The molecule has 4 nitrogen and oxygen atoms in total. The topological polar surface area (TPSA) is 58.2 Å². The van der Waals surface area contributed by atoms with Crippen LogP contribution in [0.1, 0.15) is 30.1 Å². The third-order valence-corrected chi connectivity index (χ3v) is 3.28. The molecule has 0 heterocycles. The Bertz CT molecular complexity index is 435. The van der Waals surface area contributed by atoms with Gasteiger partial charge >= 0.3 is 6.03 Å². The maximum absolute atomic E-state index is 11.6. The molecular weight excluding hydrogens is 260 g/mol. The fourth-order valence-corrected chi connectivity index (χ4v) is 2.06. The van der Waals surface area contributed by atoms with Crippen molar-refractivity contribution in [2.24, 2.45) is 0 Å². The number of Topliss-reactive ketones (excluding diaryl/α,β-unsaturated/α-hetero) is 1. The van der Waals surface area contributed by atoms with Crippen molar-refractivity contribution in [3.05, 3.63) is 29.8 Å². The van der Waals surface area contributed by atoms with Crippen LogP contribution in [0.5, 0.6) is 0 Å². The van der Waals surface area contributed by atoms with Crippen LogP contribution in [-0.4, -0.2) is 30.4 Å². The van der Waals surface area contributed by atoms with Gasteiger partial charge in [-0.3, -0.25) is 4.79 Å². The second-order valence-electron chi connectivity index (χ2n) is 4.22. The highest BCUT2D eigenvalue weighted by molar-refractivity contribution is 7.98. The first-order valence-electron chi connectivity index (χ1n) is 6.28. The molecule has 0 aliphatic carbocycles. The van der Waals surface area contributed by atoms with Crippen LogP contribution in [0.15, 0.2) is 24.3 Å². The average Bonchev–Trinajstić information content (AvgIpc) is 2.38. The number of hydrogen-bond acceptors (Lipinski definition) is 3. The van der Waals surface area contributed by atoms with E-state index < -0.39 is 0 Å². The molecule has 1 rings (SSSR count). The van der Waals surface area contributed by atoms with E-state index >= 15 is 0 Å². The van der Waals surface area contributed by atoms with E-state index in [1.165, 1.54) is 6.92 Å². The van der Waals surface area contributed by atoms with E-state index in [0.717, 1.165) is 18.6 Å². The van der Waals surface area contributed by atoms with E-state index in [1.54, 1.807) is 24.3 Å². The first-order valence-corrected chi connectivity index (χ1v) is 7.67. The molecule has 0 saturated carbocycles. The van der Waals surface area contributed by atoms with Gasteiger partial charge in [0.2, 0.25) is 0 Å². The summed E-state index contributed by atoms with van der Waals surface area (Å²) in [6.07, 6.45) is 4.14. The third kappa shape index (κ3) is 6.29. The number of amides is 2. The van der Waals surface area contributed by atoms with Crippen molar-refractivity contribution in [1.82, 2.24) is 5.32 Å². The molecule has 0 aliphatic heterocycles. The van der Waals surface area contributed by atoms with Crippen molar-refractivity contribution in [1.29, 1.82) is 0 Å². The fourth-order valence-electron chi connectivity index (χ4n) is 1.56. The molecule has 2 N–H and O–H groups in total. The van der Waals surface area contributed by atoms with Crippen LogP contribution in [-0.2, 0) is 0 Å². The van der Waals surface area contributed by atoms with Gasteiger partial charge in [-0.05, 0) is 43.9 Å². The molecule has 0 bridgehead atoms. The van der Waals surface area contributed by atoms with Crippen LogP contribution < -0.4 is 10.6 Å². The molecule has 5 heteroatoms. The zero-order valence-electron chi connectivity index (χ0n) is 11.4. The van der Waals surface area contributed by atoms with Gasteiger partial charge in [-0.2, -0.15) is 11.8 Å². The Balaban J connectivity index is 2.35. The highest BCUT2D eigenvalue weighted by Crippen LogP contribution is 2.10. The molecule has 0 saturated heterocycles. The number of nitrogens with one attached hydrogen (secondary N) is 2. The summed E-state index contributed by atoms with van der Waals surface area (Å²) in [5.74, 6) is 1.10. The number of benzene rings is 1. The highest BCUT2D eigenvalue weighted by Gasteiger charge is 2.03. The summed E-state index contributed by atoms with van der Waals surface area (Å²) in [5, 5.41) is 5.52. The largest absolute Gasteiger partial charge is 0.338 e. The third-order valence-electron chi connectivity index (χ3n) is 2.59. The second kappa shape index (κ2) is 8.58. The number of hydrogen-bond donors (Lipinski definition) is 2. The van der Waals surface area contributed by atoms with Gasteiger partial charge in [-0.1, -0.05) is 12.1 Å². The molecule has 0 atom stereocenters. The number of carbonyl (C=O) groups is 2. The summed E-state index contributed by atoms with van der Waals surface area (Å²) in [6.45, 7) is 2.17. The van der Waals surface area contributed by atoms with Crippen LogP contribution in [0.4, 0.5) is 10.5 Å². The molecule has 0 fully saturated rings. The van der Waals surface area contributed by atoms with Crippen LogP contribution in [0.3, 0.4) is 0 Å². The highest BCUT2D eigenvalue weighted by atomic mass is 32.2. The first-order chi connectivity index (χ1) is 9.13. The summed E-state index contributed by atoms with van der Waals surface area (Å²) < 4.78 is 0. The monoisotopic (exact) mass is 280 g/mol. The molecule has 0 aromatic heterocycles. The van der Waals surface area contributed by atoms with Gasteiger partial charge in [0, 0.05) is 17.8 Å². The molecule has 0 unspecified atom stereocenters. The van der Waals surface area contributed by atoms with E-state index in [4.69, 9.17) is 0 Å². The lowest BCUT2D eigenvalue weighted by atomic mass is 10.1. The first kappa shape index (κ1) is 15.6. The SMILES string of the molecule is CSCCCCNC(=O)Nc1cccc(C(C)=O)c1. The lowest BCUT2D eigenvalue weighted by Gasteiger charge is -2.08. The normalized spacial score (nSPS) is 10.0. The van der Waals surface area contributed by atoms with Crippen molar-refractivity contribution in [2.45, 2.75) is 19.8 Å². The molecule has 0 aliphatic rings. The van der Waals surface area contributed by atoms with Gasteiger partial charge in [0.05, 0.1) is 0 Å². The van der Waals surface area contributed by atoms with E-state index in [0.29, 0.717) is 17.8 Å². The second-order valence-corrected chi connectivity index (χ2v) is 5.20. The number of ketones is 1. The van der Waals surface area contributed by atoms with Crippen LogP contribution in [0, 0.1) is 0 Å². The zero-order valence-corrected chi connectivity index (χ0v) is 12.2. The molecule has 1 aromatic rings. The summed E-state index contributed by atoms with van der Waals surface area (Å²) >= 11 is 1.81. The van der Waals surface area contributed by atoms with Crippen molar-refractivity contribution >= 4 is 29.3 Å². The molecule has 104 valence electrons. The number of carbonyl (C=O) groups excluding carboxylic acids is 2. The Labute approximate surface area is 118 Å². The van der Waals surface area contributed by atoms with Gasteiger partial charge in [-0.15, -0.1) is 0 Å². The maximum Gasteiger partial charge on any atom is 0.319 e. The van der Waals surface area contributed by atoms with E-state index in [-0.39, 0.29) is 11.8 Å². The fraction of sp³-hybridized carbons (Fsp3) is 0.429. The number of unbranched alkanes of at least 4 members (excludes halogenated alkanes) is 1. The van der Waals surface area contributed by atoms with Gasteiger partial charge < -0.3 is 10.6 Å². The van der Waals surface area contributed by atoms with Crippen molar-refractivity contribution in [3.8, 4) is 0 Å². The van der Waals surface area contributed by atoms with Crippen LogP contribution in [0.25, 0.3) is 0 Å². The lowest BCUT2D eigenvalue weighted by molar-refractivity contribution is 0.101. The number of thioether (sulfide) groups is 1. The predicted molar refractivity (Wildman–Crippen MR) is 81.1 cm³/mol. The molecule has 19 heavy (non-hydrogen) atoms. The van der Waals surface area contributed by atoms with Crippen LogP contribution >= 0.6 is 11.8 Å². The maximum atomic E-state index is 11.6. The Hall–Kier alpha value is -1.49. The lowest BCUT2D eigenvalue weighted by Crippen LogP contribution is -2.29. The van der Waals surface area contributed by atoms with Gasteiger partial charge in [-0.25, -0.2) is 4.79 Å². The molecular formula is C14H20N2O2S. The summed E-state index contributed by atoms with van der Waals surface area (Å²) in [5.41, 5.74) is 1.23. The van der Waals surface area contributed by atoms with Gasteiger partial charge in [0.1, 0.15) is 0 Å². The van der Waals surface area contributed by atoms with E-state index in [1.807, 2.05) is 11.8 Å². The van der Waals surface area contributed by atoms with Crippen molar-refractivity contribution < 1.29 is 9.59 Å². The van der Waals surface area contributed by atoms with Gasteiger partial charge in [0.15, 0.2) is 5.78 Å². The minimum Gasteiger partial charge on any atom is -0.338 e. The minimum absolute atomic E-state index is 0.0128. The molecule has 0 spiro atoms. The molecule has 2 amide bonds. The van der Waals surface area contributed by atoms with Crippen molar-refractivity contribution in [2.75, 3.05) is 23.9 Å². The van der Waals surface area contributed by atoms with E-state index in [2.05, 4.69) is 16.9 Å². The number of anilines is 1. The quantitative estimate of drug-likeness (QED) is 0.596. The summed E-state index contributed by atoms with van der Waals surface area (Å²) in [6, 6.07) is 6.69. The minimum atomic E-state index is -0.232.